The second-order valence-corrected chi connectivity index (χ2v) is 9.24. The van der Waals surface area contributed by atoms with Gasteiger partial charge in [0.2, 0.25) is 0 Å². The van der Waals surface area contributed by atoms with Crippen LogP contribution in [0.3, 0.4) is 0 Å². The fourth-order valence-electron chi connectivity index (χ4n) is 5.97. The van der Waals surface area contributed by atoms with Crippen LogP contribution in [0.25, 0.3) is 0 Å². The summed E-state index contributed by atoms with van der Waals surface area (Å²) in [6.07, 6.45) is 11.2. The Bertz CT molecular complexity index is 786. The van der Waals surface area contributed by atoms with Crippen molar-refractivity contribution >= 4 is 0 Å². The number of fused-ring (bicyclic) bond motifs is 3. The van der Waals surface area contributed by atoms with Crippen LogP contribution in [0.15, 0.2) is 18.3 Å². The van der Waals surface area contributed by atoms with Gasteiger partial charge in [0.25, 0.3) is 0 Å². The maximum absolute atomic E-state index is 9.42. The molecule has 3 heteroatoms. The van der Waals surface area contributed by atoms with Crippen LogP contribution >= 0.6 is 0 Å². The Hall–Kier alpha value is -1.79. The molecule has 142 valence electrons. The number of aryl methyl sites for hydroxylation is 2. The van der Waals surface area contributed by atoms with Crippen molar-refractivity contribution in [3.63, 3.8) is 0 Å². The summed E-state index contributed by atoms with van der Waals surface area (Å²) in [6, 6.07) is 6.09. The van der Waals surface area contributed by atoms with E-state index in [1.807, 2.05) is 0 Å². The van der Waals surface area contributed by atoms with Gasteiger partial charge in [-0.15, -0.1) is 0 Å². The van der Waals surface area contributed by atoms with Crippen molar-refractivity contribution in [2.45, 2.75) is 82.8 Å². The average Bonchev–Trinajstić information content (AvgIpc) is 3.08. The Morgan fingerprint density at radius 2 is 1.93 bits per heavy atom. The fourth-order valence-corrected chi connectivity index (χ4v) is 5.97. The van der Waals surface area contributed by atoms with E-state index in [1.165, 1.54) is 44.9 Å². The summed E-state index contributed by atoms with van der Waals surface area (Å²) in [4.78, 5) is 2.31. The highest BCUT2D eigenvalue weighted by molar-refractivity contribution is 5.50. The van der Waals surface area contributed by atoms with Crippen LogP contribution in [0.2, 0.25) is 0 Å². The first kappa shape index (κ1) is 17.3. The highest BCUT2D eigenvalue weighted by Gasteiger charge is 2.52. The molecule has 1 N–H and O–H groups in total. The van der Waals surface area contributed by atoms with Gasteiger partial charge in [-0.25, -0.2) is 0 Å². The molecule has 1 saturated carbocycles. The lowest BCUT2D eigenvalue weighted by Crippen LogP contribution is -2.38. The Morgan fingerprint density at radius 1 is 1.22 bits per heavy atom. The predicted octanol–water partition coefficient (Wildman–Crippen LogP) is 3.68. The molecule has 2 fully saturated rings. The monoisotopic (exact) mass is 361 g/mol. The first-order valence-electron chi connectivity index (χ1n) is 10.9. The number of benzene rings is 1. The number of nitrogens with one attached hydrogen (secondary N) is 1. The smallest absolute Gasteiger partial charge is 0.117 e. The highest BCUT2D eigenvalue weighted by atomic mass is 15.3. The standard InChI is InChI=1S/C24H31N3/c1-15(26-14-16(2)27-20(13-25)11-19-12-24(19)27)9-23-21-7-3-5-17(21)10-18-6-4-8-22(18)23/h10,15,19-20,24,26H,2-9,11-12,14H2,1H3/t15?,19-,20?,24+/m1/s1. The van der Waals surface area contributed by atoms with E-state index in [9.17, 15) is 5.26 Å². The third kappa shape index (κ3) is 2.99. The Kier molecular flexibility index (Phi) is 4.28. The normalized spacial score (nSPS) is 28.4. The number of rotatable bonds is 6. The minimum absolute atomic E-state index is 0.0546. The molecule has 1 heterocycles. The topological polar surface area (TPSA) is 39.1 Å². The molecule has 1 saturated heterocycles. The molecule has 0 bridgehead atoms. The highest BCUT2D eigenvalue weighted by Crippen LogP contribution is 2.49. The summed E-state index contributed by atoms with van der Waals surface area (Å²) in [7, 11) is 0. The summed E-state index contributed by atoms with van der Waals surface area (Å²) in [6.45, 7) is 7.44. The number of piperidine rings is 1. The van der Waals surface area contributed by atoms with Crippen molar-refractivity contribution in [1.82, 2.24) is 10.2 Å². The van der Waals surface area contributed by atoms with Crippen LogP contribution in [0.1, 0.15) is 60.4 Å². The predicted molar refractivity (Wildman–Crippen MR) is 109 cm³/mol. The van der Waals surface area contributed by atoms with E-state index in [2.05, 4.69) is 35.9 Å². The lowest BCUT2D eigenvalue weighted by atomic mass is 9.90. The lowest BCUT2D eigenvalue weighted by Gasteiger charge is -2.28. The lowest BCUT2D eigenvalue weighted by molar-refractivity contribution is 0.314. The van der Waals surface area contributed by atoms with Gasteiger partial charge in [-0.05, 0) is 98.4 Å². The molecule has 0 radical (unpaired) electrons. The SMILES string of the molecule is C=C(CNC(C)Cc1c2c(cc3c1CCC3)CCC2)N1C(C#N)C[C@@H]2C[C@@H]21. The van der Waals surface area contributed by atoms with Crippen molar-refractivity contribution in [2.24, 2.45) is 5.92 Å². The van der Waals surface area contributed by atoms with Crippen LogP contribution < -0.4 is 5.32 Å². The van der Waals surface area contributed by atoms with Gasteiger partial charge in [0, 0.05) is 24.3 Å². The molecule has 0 amide bonds. The Morgan fingerprint density at radius 3 is 2.59 bits per heavy atom. The van der Waals surface area contributed by atoms with Gasteiger partial charge < -0.3 is 10.2 Å². The van der Waals surface area contributed by atoms with E-state index in [0.29, 0.717) is 12.1 Å². The molecule has 2 unspecified atom stereocenters. The zero-order valence-corrected chi connectivity index (χ0v) is 16.6. The summed E-state index contributed by atoms with van der Waals surface area (Å²) in [5.41, 5.74) is 9.40. The van der Waals surface area contributed by atoms with E-state index in [4.69, 9.17) is 0 Å². The van der Waals surface area contributed by atoms with Gasteiger partial charge in [0.05, 0.1) is 6.07 Å². The average molecular weight is 362 g/mol. The van der Waals surface area contributed by atoms with Gasteiger partial charge >= 0.3 is 0 Å². The molecule has 4 atom stereocenters. The van der Waals surface area contributed by atoms with Crippen molar-refractivity contribution in [1.29, 1.82) is 5.26 Å². The summed E-state index contributed by atoms with van der Waals surface area (Å²) >= 11 is 0. The number of hydrogen-bond acceptors (Lipinski definition) is 3. The van der Waals surface area contributed by atoms with Gasteiger partial charge in [0.15, 0.2) is 0 Å². The Balaban J connectivity index is 1.25. The minimum atomic E-state index is 0.0546. The maximum atomic E-state index is 9.42. The molecule has 5 rings (SSSR count). The number of hydrogen-bond donors (Lipinski definition) is 1. The summed E-state index contributed by atoms with van der Waals surface area (Å²) in [5, 5.41) is 13.1. The van der Waals surface area contributed by atoms with Crippen LogP contribution in [-0.4, -0.2) is 29.6 Å². The number of nitrogens with zero attached hydrogens (tertiary/aromatic N) is 2. The minimum Gasteiger partial charge on any atom is -0.355 e. The summed E-state index contributed by atoms with van der Waals surface area (Å²) in [5.74, 6) is 0.748. The maximum Gasteiger partial charge on any atom is 0.117 e. The molecule has 27 heavy (non-hydrogen) atoms. The van der Waals surface area contributed by atoms with Crippen molar-refractivity contribution in [3.8, 4) is 6.07 Å². The second-order valence-electron chi connectivity index (χ2n) is 9.24. The molecule has 1 aliphatic heterocycles. The molecule has 3 aliphatic carbocycles. The largest absolute Gasteiger partial charge is 0.355 e. The van der Waals surface area contributed by atoms with Crippen LogP contribution in [0, 0.1) is 17.2 Å². The number of likely N-dealkylation sites (tertiary alicyclic amines) is 1. The molecule has 0 spiro atoms. The van der Waals surface area contributed by atoms with E-state index < -0.39 is 0 Å². The third-order valence-corrected chi connectivity index (χ3v) is 7.38. The molecular formula is C24H31N3. The van der Waals surface area contributed by atoms with Crippen LogP contribution in [0.5, 0.6) is 0 Å². The third-order valence-electron chi connectivity index (χ3n) is 7.38. The van der Waals surface area contributed by atoms with Gasteiger partial charge in [-0.1, -0.05) is 12.6 Å². The van der Waals surface area contributed by atoms with E-state index in [0.717, 1.165) is 31.0 Å². The van der Waals surface area contributed by atoms with Crippen molar-refractivity contribution in [2.75, 3.05) is 6.54 Å². The van der Waals surface area contributed by atoms with Crippen molar-refractivity contribution in [3.05, 3.63) is 46.2 Å². The second kappa shape index (κ2) is 6.67. The molecule has 0 aromatic heterocycles. The van der Waals surface area contributed by atoms with Crippen LogP contribution in [0.4, 0.5) is 0 Å². The molecule has 4 aliphatic rings. The number of nitriles is 1. The zero-order chi connectivity index (χ0) is 18.5. The zero-order valence-electron chi connectivity index (χ0n) is 16.6. The molecule has 1 aromatic carbocycles. The van der Waals surface area contributed by atoms with E-state index >= 15 is 0 Å². The molecule has 1 aromatic rings. The van der Waals surface area contributed by atoms with E-state index in [1.54, 1.807) is 27.8 Å². The molecule has 3 nitrogen and oxygen atoms in total. The van der Waals surface area contributed by atoms with Gasteiger partial charge in [0.1, 0.15) is 6.04 Å². The Labute approximate surface area is 163 Å². The first-order chi connectivity index (χ1) is 13.2. The van der Waals surface area contributed by atoms with Gasteiger partial charge in [-0.2, -0.15) is 5.26 Å². The molecular weight excluding hydrogens is 330 g/mol. The quantitative estimate of drug-likeness (QED) is 0.840. The summed E-state index contributed by atoms with van der Waals surface area (Å²) < 4.78 is 0. The van der Waals surface area contributed by atoms with Crippen LogP contribution in [-0.2, 0) is 32.1 Å². The van der Waals surface area contributed by atoms with E-state index in [-0.39, 0.29) is 6.04 Å². The first-order valence-corrected chi connectivity index (χ1v) is 10.9. The van der Waals surface area contributed by atoms with Crippen molar-refractivity contribution < 1.29 is 0 Å². The van der Waals surface area contributed by atoms with Gasteiger partial charge in [-0.3, -0.25) is 0 Å². The fraction of sp³-hybridized carbons (Fsp3) is 0.625.